The molecule has 0 fully saturated rings. The number of nitrogen functional groups attached to an aromatic ring is 1. The fourth-order valence-electron chi connectivity index (χ4n) is 1.28. The summed E-state index contributed by atoms with van der Waals surface area (Å²) in [6.45, 7) is 1.71. The van der Waals surface area contributed by atoms with Gasteiger partial charge in [0.2, 0.25) is 0 Å². The average Bonchev–Trinajstić information content (AvgIpc) is 2.21. The quantitative estimate of drug-likeness (QED) is 0.660. The van der Waals surface area contributed by atoms with E-state index < -0.39 is 12.2 Å². The lowest BCUT2D eigenvalue weighted by atomic mass is 10.0. The second-order valence-electron chi connectivity index (χ2n) is 3.32. The van der Waals surface area contributed by atoms with Gasteiger partial charge in [0.05, 0.1) is 30.5 Å². The fourth-order valence-corrected chi connectivity index (χ4v) is 1.28. The second kappa shape index (κ2) is 4.73. The Balaban J connectivity index is 2.95. The Kier molecular flexibility index (Phi) is 3.61. The predicted molar refractivity (Wildman–Crippen MR) is 54.6 cm³/mol. The minimum Gasteiger partial charge on any atom is -0.397 e. The van der Waals surface area contributed by atoms with Crippen molar-refractivity contribution in [3.63, 3.8) is 0 Å². The zero-order valence-electron chi connectivity index (χ0n) is 8.38. The van der Waals surface area contributed by atoms with E-state index in [0.717, 1.165) is 0 Å². The molecule has 80 valence electrons. The maximum atomic E-state index is 9.73. The zero-order chi connectivity index (χ0) is 11.4. The van der Waals surface area contributed by atoms with E-state index in [1.54, 1.807) is 19.1 Å². The second-order valence-corrected chi connectivity index (χ2v) is 3.32. The van der Waals surface area contributed by atoms with Crippen LogP contribution >= 0.6 is 0 Å². The van der Waals surface area contributed by atoms with Crippen LogP contribution in [0.2, 0.25) is 0 Å². The summed E-state index contributed by atoms with van der Waals surface area (Å²) in [5.74, 6) is 0. The number of rotatable bonds is 3. The number of hydrogen-bond acceptors (Lipinski definition) is 5. The van der Waals surface area contributed by atoms with Gasteiger partial charge in [-0.2, -0.15) is 5.26 Å². The number of nitriles is 1. The van der Waals surface area contributed by atoms with Crippen LogP contribution in [0.5, 0.6) is 0 Å². The number of pyridine rings is 1. The van der Waals surface area contributed by atoms with Gasteiger partial charge in [0.1, 0.15) is 6.10 Å². The number of nitrogens with zero attached hydrogens (tertiary/aromatic N) is 2. The highest BCUT2D eigenvalue weighted by Gasteiger charge is 2.20. The van der Waals surface area contributed by atoms with Crippen LogP contribution < -0.4 is 5.73 Å². The van der Waals surface area contributed by atoms with E-state index in [0.29, 0.717) is 16.9 Å². The highest BCUT2D eigenvalue weighted by Crippen LogP contribution is 2.22. The van der Waals surface area contributed by atoms with Crippen molar-refractivity contribution in [1.29, 1.82) is 5.26 Å². The lowest BCUT2D eigenvalue weighted by molar-refractivity contribution is 0.0210. The van der Waals surface area contributed by atoms with E-state index in [9.17, 15) is 10.2 Å². The Morgan fingerprint density at radius 3 is 2.87 bits per heavy atom. The Bertz CT molecular complexity index is 387. The Hall–Kier alpha value is -1.64. The van der Waals surface area contributed by atoms with E-state index in [2.05, 4.69) is 4.98 Å². The molecule has 2 atom stereocenters. The maximum Gasteiger partial charge on any atom is 0.108 e. The standard InChI is InChI=1S/C10H13N3O2/c1-6-8(4-7(12)5-13-6)10(15)9(14)2-3-11/h4-5,9-10,14-15H,2,12H2,1H3. The van der Waals surface area contributed by atoms with Crippen molar-refractivity contribution in [2.75, 3.05) is 5.73 Å². The summed E-state index contributed by atoms with van der Waals surface area (Å²) in [5.41, 5.74) is 6.98. The molecule has 1 heterocycles. The Morgan fingerprint density at radius 1 is 1.60 bits per heavy atom. The van der Waals surface area contributed by atoms with Crippen LogP contribution in [0.3, 0.4) is 0 Å². The minimum atomic E-state index is -1.12. The van der Waals surface area contributed by atoms with Gasteiger partial charge in [-0.15, -0.1) is 0 Å². The summed E-state index contributed by atoms with van der Waals surface area (Å²) in [4.78, 5) is 3.96. The molecule has 0 aliphatic rings. The van der Waals surface area contributed by atoms with Crippen LogP contribution in [0.25, 0.3) is 0 Å². The third-order valence-corrected chi connectivity index (χ3v) is 2.13. The monoisotopic (exact) mass is 207 g/mol. The fraction of sp³-hybridized carbons (Fsp3) is 0.400. The Labute approximate surface area is 87.8 Å². The lowest BCUT2D eigenvalue weighted by Gasteiger charge is -2.17. The number of aliphatic hydroxyl groups is 2. The summed E-state index contributed by atoms with van der Waals surface area (Å²) in [5, 5.41) is 27.6. The summed E-state index contributed by atoms with van der Waals surface area (Å²) < 4.78 is 0. The van der Waals surface area contributed by atoms with Crippen molar-refractivity contribution in [3.05, 3.63) is 23.5 Å². The molecule has 0 radical (unpaired) electrons. The molecule has 4 N–H and O–H groups in total. The first kappa shape index (κ1) is 11.4. The van der Waals surface area contributed by atoms with Crippen molar-refractivity contribution >= 4 is 5.69 Å². The average molecular weight is 207 g/mol. The first-order chi connectivity index (χ1) is 7.06. The molecule has 0 aliphatic carbocycles. The lowest BCUT2D eigenvalue weighted by Crippen LogP contribution is -2.19. The highest BCUT2D eigenvalue weighted by atomic mass is 16.3. The molecule has 1 aromatic rings. The third-order valence-electron chi connectivity index (χ3n) is 2.13. The first-order valence-electron chi connectivity index (χ1n) is 4.51. The van der Waals surface area contributed by atoms with Gasteiger partial charge in [0.25, 0.3) is 0 Å². The van der Waals surface area contributed by atoms with Gasteiger partial charge in [-0.1, -0.05) is 0 Å². The molecule has 1 aromatic heterocycles. The van der Waals surface area contributed by atoms with Crippen molar-refractivity contribution in [2.45, 2.75) is 25.6 Å². The summed E-state index contributed by atoms with van der Waals surface area (Å²) >= 11 is 0. The number of aromatic nitrogens is 1. The van der Waals surface area contributed by atoms with Gasteiger partial charge in [0, 0.05) is 11.3 Å². The number of hydrogen-bond donors (Lipinski definition) is 3. The van der Waals surface area contributed by atoms with Crippen LogP contribution in [-0.2, 0) is 0 Å². The molecule has 5 nitrogen and oxygen atoms in total. The van der Waals surface area contributed by atoms with Crippen molar-refractivity contribution in [2.24, 2.45) is 0 Å². The molecule has 0 amide bonds. The van der Waals surface area contributed by atoms with Crippen molar-refractivity contribution in [3.8, 4) is 6.07 Å². The largest absolute Gasteiger partial charge is 0.397 e. The van der Waals surface area contributed by atoms with E-state index >= 15 is 0 Å². The number of aliphatic hydroxyl groups excluding tert-OH is 2. The molecule has 0 aromatic carbocycles. The summed E-state index contributed by atoms with van der Waals surface area (Å²) in [6, 6.07) is 3.34. The maximum absolute atomic E-state index is 9.73. The SMILES string of the molecule is Cc1ncc(N)cc1C(O)C(O)CC#N. The van der Waals surface area contributed by atoms with Crippen LogP contribution in [0.15, 0.2) is 12.3 Å². The normalized spacial score (nSPS) is 14.3. The van der Waals surface area contributed by atoms with Crippen molar-refractivity contribution in [1.82, 2.24) is 4.98 Å². The molecule has 0 spiro atoms. The van der Waals surface area contributed by atoms with E-state index in [1.165, 1.54) is 6.20 Å². The molecule has 1 rings (SSSR count). The van der Waals surface area contributed by atoms with Gasteiger partial charge in [-0.05, 0) is 13.0 Å². The smallest absolute Gasteiger partial charge is 0.108 e. The molecule has 15 heavy (non-hydrogen) atoms. The first-order valence-corrected chi connectivity index (χ1v) is 4.51. The van der Waals surface area contributed by atoms with E-state index in [1.807, 2.05) is 0 Å². The molecule has 0 saturated heterocycles. The summed E-state index contributed by atoms with van der Waals surface area (Å²) in [7, 11) is 0. The molecule has 0 saturated carbocycles. The third kappa shape index (κ3) is 2.65. The van der Waals surface area contributed by atoms with Gasteiger partial charge in [-0.25, -0.2) is 0 Å². The van der Waals surface area contributed by atoms with Gasteiger partial charge in [-0.3, -0.25) is 4.98 Å². The molecule has 0 aliphatic heterocycles. The van der Waals surface area contributed by atoms with E-state index in [-0.39, 0.29) is 6.42 Å². The van der Waals surface area contributed by atoms with Gasteiger partial charge >= 0.3 is 0 Å². The molecular formula is C10H13N3O2. The van der Waals surface area contributed by atoms with Crippen LogP contribution in [-0.4, -0.2) is 21.3 Å². The molecule has 5 heteroatoms. The van der Waals surface area contributed by atoms with Gasteiger partial charge in [0.15, 0.2) is 0 Å². The minimum absolute atomic E-state index is 0.130. The molecule has 2 unspecified atom stereocenters. The molecular weight excluding hydrogens is 194 g/mol. The highest BCUT2D eigenvalue weighted by molar-refractivity contribution is 5.41. The topological polar surface area (TPSA) is 103 Å². The number of nitrogens with two attached hydrogens (primary N) is 1. The van der Waals surface area contributed by atoms with E-state index in [4.69, 9.17) is 11.0 Å². The van der Waals surface area contributed by atoms with Crippen LogP contribution in [0.4, 0.5) is 5.69 Å². The van der Waals surface area contributed by atoms with Crippen LogP contribution in [0, 0.1) is 18.3 Å². The predicted octanol–water partition coefficient (Wildman–Crippen LogP) is 0.280. The van der Waals surface area contributed by atoms with Crippen molar-refractivity contribution < 1.29 is 10.2 Å². The summed E-state index contributed by atoms with van der Waals surface area (Å²) in [6.07, 6.45) is -0.893. The Morgan fingerprint density at radius 2 is 2.27 bits per heavy atom. The number of anilines is 1. The zero-order valence-corrected chi connectivity index (χ0v) is 8.38. The number of aryl methyl sites for hydroxylation is 1. The van der Waals surface area contributed by atoms with Gasteiger partial charge < -0.3 is 15.9 Å². The molecule has 0 bridgehead atoms. The van der Waals surface area contributed by atoms with Crippen LogP contribution in [0.1, 0.15) is 23.8 Å².